The normalized spacial score (nSPS) is 15.4. The molecule has 0 aliphatic carbocycles. The summed E-state index contributed by atoms with van der Waals surface area (Å²) >= 11 is 0.0837. The third kappa shape index (κ3) is 3.86. The highest BCUT2D eigenvalue weighted by atomic mass is 32.2. The van der Waals surface area contributed by atoms with E-state index in [9.17, 15) is 14.1 Å². The number of fused-ring (bicyclic) bond motifs is 2. The van der Waals surface area contributed by atoms with Gasteiger partial charge in [0.1, 0.15) is 5.69 Å². The Labute approximate surface area is 182 Å². The number of carbonyl (C=O) groups is 2. The maximum absolute atomic E-state index is 13.2. The monoisotopic (exact) mass is 439 g/mol. The van der Waals surface area contributed by atoms with Crippen molar-refractivity contribution in [1.82, 2.24) is 10.3 Å². The van der Waals surface area contributed by atoms with Gasteiger partial charge in [-0.25, -0.2) is 4.98 Å². The minimum atomic E-state index is -1.50. The molecule has 1 N–H and O–H groups in total. The van der Waals surface area contributed by atoms with Crippen LogP contribution in [0.1, 0.15) is 38.3 Å². The van der Waals surface area contributed by atoms with Crippen molar-refractivity contribution in [3.05, 3.63) is 69.7 Å². The van der Waals surface area contributed by atoms with E-state index < -0.39 is 11.2 Å². The number of anilines is 1. The van der Waals surface area contributed by atoms with Crippen molar-refractivity contribution >= 4 is 40.0 Å². The average molecular weight is 440 g/mol. The number of amides is 2. The lowest BCUT2D eigenvalue weighted by molar-refractivity contribution is 0.0950. The predicted octanol–water partition coefficient (Wildman–Crippen LogP) is 3.57. The number of rotatable bonds is 5. The molecule has 2 heterocycles. The van der Waals surface area contributed by atoms with Crippen LogP contribution < -0.4 is 10.2 Å². The van der Waals surface area contributed by atoms with Crippen molar-refractivity contribution in [3.63, 3.8) is 0 Å². The third-order valence-electron chi connectivity index (χ3n) is 4.92. The van der Waals surface area contributed by atoms with Crippen LogP contribution in [-0.4, -0.2) is 34.4 Å². The van der Waals surface area contributed by atoms with Gasteiger partial charge in [-0.05, 0) is 44.2 Å². The fourth-order valence-corrected chi connectivity index (χ4v) is 5.44. The standard InChI is InChI=1S/C22H21N3O3S2/c1-3-25-18-12-15(21(26)23-11-10-16-13-29-14(2)24-16)8-9-20(18)30(28)19-7-5-4-6-17(19)22(25)27/h4-9,12-13H,3,10-11H2,1-2H3,(H,23,26). The van der Waals surface area contributed by atoms with Crippen molar-refractivity contribution in [3.8, 4) is 0 Å². The zero-order chi connectivity index (χ0) is 21.3. The lowest BCUT2D eigenvalue weighted by Gasteiger charge is -2.20. The van der Waals surface area contributed by atoms with Gasteiger partial charge in [0.2, 0.25) is 0 Å². The first-order valence-corrected chi connectivity index (χ1v) is 11.7. The summed E-state index contributed by atoms with van der Waals surface area (Å²) in [6.07, 6.45) is 0.653. The van der Waals surface area contributed by atoms with Gasteiger partial charge in [-0.3, -0.25) is 9.59 Å². The Morgan fingerprint density at radius 1 is 1.23 bits per heavy atom. The Kier molecular flexibility index (Phi) is 5.90. The van der Waals surface area contributed by atoms with E-state index in [1.165, 1.54) is 0 Å². The van der Waals surface area contributed by atoms with Crippen molar-refractivity contribution in [2.75, 3.05) is 18.0 Å². The summed E-state index contributed by atoms with van der Waals surface area (Å²) in [6, 6.07) is 11.9. The topological polar surface area (TPSA) is 85.4 Å². The molecule has 3 aromatic rings. The number of hydrogen-bond donors (Lipinski definition) is 1. The summed E-state index contributed by atoms with van der Waals surface area (Å²) in [5.41, 5.74) is 2.33. The Morgan fingerprint density at radius 3 is 2.77 bits per heavy atom. The SMILES string of the molecule is CCN1C(=O)c2ccccc2[S+]([O-])c2ccc(C(=O)NCCc3csc(C)n3)cc21. The fraction of sp³-hybridized carbons (Fsp3) is 0.227. The van der Waals surface area contributed by atoms with Crippen LogP contribution in [0.4, 0.5) is 5.69 Å². The molecule has 0 saturated heterocycles. The molecule has 0 radical (unpaired) electrons. The van der Waals surface area contributed by atoms with Gasteiger partial charge in [-0.2, -0.15) is 0 Å². The van der Waals surface area contributed by atoms with Crippen LogP contribution in [0.5, 0.6) is 0 Å². The van der Waals surface area contributed by atoms with Crippen LogP contribution >= 0.6 is 11.3 Å². The van der Waals surface area contributed by atoms with E-state index >= 15 is 0 Å². The second-order valence-electron chi connectivity index (χ2n) is 6.86. The van der Waals surface area contributed by atoms with Crippen LogP contribution in [0.2, 0.25) is 0 Å². The van der Waals surface area contributed by atoms with E-state index in [-0.39, 0.29) is 11.8 Å². The molecule has 2 aromatic carbocycles. The zero-order valence-electron chi connectivity index (χ0n) is 16.7. The summed E-state index contributed by atoms with van der Waals surface area (Å²) in [5.74, 6) is -0.447. The number of nitrogens with zero attached hydrogens (tertiary/aromatic N) is 2. The molecule has 1 unspecified atom stereocenters. The molecule has 0 spiro atoms. The van der Waals surface area contributed by atoms with Crippen LogP contribution in [0.15, 0.2) is 57.6 Å². The Bertz CT molecular complexity index is 1110. The molecule has 4 rings (SSSR count). The maximum atomic E-state index is 13.2. The molecule has 0 fully saturated rings. The molecule has 30 heavy (non-hydrogen) atoms. The van der Waals surface area contributed by atoms with Gasteiger partial charge < -0.3 is 14.8 Å². The molecule has 0 saturated carbocycles. The number of carbonyl (C=O) groups excluding carboxylic acids is 2. The van der Waals surface area contributed by atoms with Gasteiger partial charge in [0.15, 0.2) is 9.79 Å². The molecular formula is C22H21N3O3S2. The molecule has 0 bridgehead atoms. The van der Waals surface area contributed by atoms with Crippen molar-refractivity contribution in [1.29, 1.82) is 0 Å². The van der Waals surface area contributed by atoms with Crippen LogP contribution in [-0.2, 0) is 17.6 Å². The van der Waals surface area contributed by atoms with Crippen LogP contribution in [0.25, 0.3) is 0 Å². The van der Waals surface area contributed by atoms with Gasteiger partial charge in [0.05, 0.1) is 16.3 Å². The second-order valence-corrected chi connectivity index (χ2v) is 9.34. The molecule has 6 nitrogen and oxygen atoms in total. The van der Waals surface area contributed by atoms with E-state index in [0.717, 1.165) is 10.7 Å². The largest absolute Gasteiger partial charge is 0.606 e. The first kappa shape index (κ1) is 20.6. The van der Waals surface area contributed by atoms with E-state index in [1.807, 2.05) is 19.2 Å². The van der Waals surface area contributed by atoms with Gasteiger partial charge in [-0.15, -0.1) is 11.3 Å². The first-order valence-electron chi connectivity index (χ1n) is 9.65. The molecule has 8 heteroatoms. The number of aromatic nitrogens is 1. The molecule has 1 aliphatic rings. The highest BCUT2D eigenvalue weighted by molar-refractivity contribution is 7.91. The average Bonchev–Trinajstić information content (AvgIpc) is 3.15. The fourth-order valence-electron chi connectivity index (χ4n) is 3.45. The summed E-state index contributed by atoms with van der Waals surface area (Å²) in [4.78, 5) is 32.8. The summed E-state index contributed by atoms with van der Waals surface area (Å²) < 4.78 is 13.2. The number of hydrogen-bond acceptors (Lipinski definition) is 5. The second kappa shape index (κ2) is 8.59. The minimum absolute atomic E-state index is 0.211. The molecule has 2 amide bonds. The summed E-state index contributed by atoms with van der Waals surface area (Å²) in [7, 11) is 0. The van der Waals surface area contributed by atoms with Gasteiger partial charge in [0, 0.05) is 41.6 Å². The molecule has 1 aliphatic heterocycles. The summed E-state index contributed by atoms with van der Waals surface area (Å²) in [6.45, 7) is 4.69. The van der Waals surface area contributed by atoms with Gasteiger partial charge >= 0.3 is 0 Å². The smallest absolute Gasteiger partial charge is 0.263 e. The van der Waals surface area contributed by atoms with Crippen molar-refractivity contribution in [2.45, 2.75) is 30.1 Å². The third-order valence-corrected chi connectivity index (χ3v) is 7.25. The predicted molar refractivity (Wildman–Crippen MR) is 118 cm³/mol. The van der Waals surface area contributed by atoms with Crippen LogP contribution in [0.3, 0.4) is 0 Å². The number of nitrogens with one attached hydrogen (secondary N) is 1. The number of thiazole rings is 1. The zero-order valence-corrected chi connectivity index (χ0v) is 18.3. The lowest BCUT2D eigenvalue weighted by Crippen LogP contribution is -2.31. The highest BCUT2D eigenvalue weighted by Crippen LogP contribution is 2.37. The number of aryl methyl sites for hydroxylation is 1. The highest BCUT2D eigenvalue weighted by Gasteiger charge is 2.35. The van der Waals surface area contributed by atoms with Gasteiger partial charge in [-0.1, -0.05) is 12.1 Å². The van der Waals surface area contributed by atoms with E-state index in [2.05, 4.69) is 10.3 Å². The minimum Gasteiger partial charge on any atom is -0.606 e. The molecule has 154 valence electrons. The Morgan fingerprint density at radius 2 is 2.03 bits per heavy atom. The quantitative estimate of drug-likeness (QED) is 0.616. The van der Waals surface area contributed by atoms with Crippen molar-refractivity contribution < 1.29 is 14.1 Å². The summed E-state index contributed by atoms with van der Waals surface area (Å²) in [5, 5.41) is 5.89. The van der Waals surface area contributed by atoms with Crippen LogP contribution in [0, 0.1) is 6.92 Å². The molecule has 1 atom stereocenters. The lowest BCUT2D eigenvalue weighted by atomic mass is 10.1. The molecule has 1 aromatic heterocycles. The maximum Gasteiger partial charge on any atom is 0.263 e. The van der Waals surface area contributed by atoms with Crippen molar-refractivity contribution in [2.24, 2.45) is 0 Å². The van der Waals surface area contributed by atoms with Gasteiger partial charge in [0.25, 0.3) is 11.8 Å². The molecular weight excluding hydrogens is 418 g/mol. The van der Waals surface area contributed by atoms with E-state index in [4.69, 9.17) is 0 Å². The van der Waals surface area contributed by atoms with E-state index in [0.29, 0.717) is 46.1 Å². The first-order chi connectivity index (χ1) is 14.5. The van der Waals surface area contributed by atoms with E-state index in [1.54, 1.807) is 58.7 Å². The number of benzene rings is 2. The Hall–Kier alpha value is -2.68. The Balaban J connectivity index is 1.59.